The van der Waals surface area contributed by atoms with Gasteiger partial charge >= 0.3 is 6.09 Å². The molecule has 2 aromatic carbocycles. The molecule has 37 heavy (non-hydrogen) atoms. The summed E-state index contributed by atoms with van der Waals surface area (Å²) in [6, 6.07) is 14.7. The first-order valence-corrected chi connectivity index (χ1v) is 12.4. The van der Waals surface area contributed by atoms with E-state index >= 15 is 0 Å². The van der Waals surface area contributed by atoms with Gasteiger partial charge in [-0.05, 0) is 67.6 Å². The lowest BCUT2D eigenvalue weighted by Gasteiger charge is -2.21. The number of thiophene rings is 1. The maximum atomic E-state index is 13.1. The van der Waals surface area contributed by atoms with Crippen molar-refractivity contribution in [3.8, 4) is 10.4 Å². The van der Waals surface area contributed by atoms with Crippen molar-refractivity contribution in [1.29, 1.82) is 0 Å². The number of benzene rings is 2. The molecule has 0 spiro atoms. The van der Waals surface area contributed by atoms with E-state index in [1.54, 1.807) is 68.5 Å². The third-order valence-electron chi connectivity index (χ3n) is 5.07. The van der Waals surface area contributed by atoms with Crippen LogP contribution in [0.3, 0.4) is 0 Å². The Morgan fingerprint density at radius 2 is 1.62 bits per heavy atom. The molecule has 10 heteroatoms. The minimum atomic E-state index is -0.883. The van der Waals surface area contributed by atoms with Crippen LogP contribution in [-0.2, 0) is 14.3 Å². The second-order valence-electron chi connectivity index (χ2n) is 9.19. The van der Waals surface area contributed by atoms with Crippen LogP contribution >= 0.6 is 11.3 Å². The van der Waals surface area contributed by atoms with Gasteiger partial charge in [-0.25, -0.2) is 4.79 Å². The van der Waals surface area contributed by atoms with E-state index < -0.39 is 23.6 Å². The molecule has 9 nitrogen and oxygen atoms in total. The molecule has 0 aliphatic rings. The third kappa shape index (κ3) is 7.65. The molecule has 3 rings (SSSR count). The standard InChI is InChI=1S/C27H30N4O5S/c1-16(32)29-23(25(34)28-5)17-8-10-18(11-9-17)24(33)30-21-15-19(22-7-6-14-37-22)12-13-20(21)31-26(35)36-27(2,3)4/h6-15,23H,1-5H3,(H,28,34)(H,29,32)(H,30,33)(H,31,35). The van der Waals surface area contributed by atoms with Crippen LogP contribution in [0.15, 0.2) is 60.0 Å². The van der Waals surface area contributed by atoms with Crippen LogP contribution in [0.2, 0.25) is 0 Å². The largest absolute Gasteiger partial charge is 0.444 e. The fourth-order valence-corrected chi connectivity index (χ4v) is 4.16. The quantitative estimate of drug-likeness (QED) is 0.350. The lowest BCUT2D eigenvalue weighted by Crippen LogP contribution is -2.38. The molecular weight excluding hydrogens is 492 g/mol. The molecule has 1 aromatic heterocycles. The van der Waals surface area contributed by atoms with E-state index in [2.05, 4.69) is 21.3 Å². The summed E-state index contributed by atoms with van der Waals surface area (Å²) in [5, 5.41) is 12.6. The molecule has 0 aliphatic carbocycles. The third-order valence-corrected chi connectivity index (χ3v) is 5.99. The Morgan fingerprint density at radius 3 is 2.19 bits per heavy atom. The maximum absolute atomic E-state index is 13.1. The number of amides is 4. The van der Waals surface area contributed by atoms with E-state index in [4.69, 9.17) is 4.74 Å². The molecule has 0 bridgehead atoms. The van der Waals surface area contributed by atoms with Gasteiger partial charge in [0.1, 0.15) is 11.6 Å². The highest BCUT2D eigenvalue weighted by molar-refractivity contribution is 7.13. The lowest BCUT2D eigenvalue weighted by atomic mass is 10.0. The molecule has 194 valence electrons. The van der Waals surface area contributed by atoms with E-state index in [1.165, 1.54) is 14.0 Å². The summed E-state index contributed by atoms with van der Waals surface area (Å²) < 4.78 is 5.36. The second-order valence-corrected chi connectivity index (χ2v) is 10.1. The molecule has 0 radical (unpaired) electrons. The molecule has 4 N–H and O–H groups in total. The van der Waals surface area contributed by atoms with Crippen molar-refractivity contribution in [2.45, 2.75) is 39.3 Å². The normalized spacial score (nSPS) is 11.7. The Morgan fingerprint density at radius 1 is 0.919 bits per heavy atom. The highest BCUT2D eigenvalue weighted by Gasteiger charge is 2.22. The van der Waals surface area contributed by atoms with Crippen molar-refractivity contribution in [2.24, 2.45) is 0 Å². The average Bonchev–Trinajstić information content (AvgIpc) is 3.37. The number of likely N-dealkylation sites (N-methyl/N-ethyl adjacent to an activating group) is 1. The van der Waals surface area contributed by atoms with Crippen molar-refractivity contribution >= 4 is 46.5 Å². The summed E-state index contributed by atoms with van der Waals surface area (Å²) in [5.41, 5.74) is 1.82. The Hall–Kier alpha value is -4.18. The van der Waals surface area contributed by atoms with Gasteiger partial charge in [0.25, 0.3) is 5.91 Å². The Bertz CT molecular complexity index is 1280. The van der Waals surface area contributed by atoms with Gasteiger partial charge in [-0.3, -0.25) is 19.7 Å². The SMILES string of the molecule is CNC(=O)C(NC(C)=O)c1ccc(C(=O)Nc2cc(-c3cccs3)ccc2NC(=O)OC(C)(C)C)cc1. The molecule has 0 fully saturated rings. The Labute approximate surface area is 219 Å². The number of hydrogen-bond donors (Lipinski definition) is 4. The summed E-state index contributed by atoms with van der Waals surface area (Å²) >= 11 is 1.55. The monoisotopic (exact) mass is 522 g/mol. The van der Waals surface area contributed by atoms with Crippen LogP contribution in [-0.4, -0.2) is 36.5 Å². The first-order chi connectivity index (χ1) is 17.5. The highest BCUT2D eigenvalue weighted by atomic mass is 32.1. The van der Waals surface area contributed by atoms with Crippen molar-refractivity contribution in [2.75, 3.05) is 17.7 Å². The zero-order chi connectivity index (χ0) is 27.2. The number of anilines is 2. The fourth-order valence-electron chi connectivity index (χ4n) is 3.44. The first-order valence-electron chi connectivity index (χ1n) is 11.5. The first kappa shape index (κ1) is 27.4. The number of carbonyl (C=O) groups is 4. The zero-order valence-corrected chi connectivity index (χ0v) is 22.1. The van der Waals surface area contributed by atoms with Gasteiger partial charge in [-0.15, -0.1) is 11.3 Å². The number of ether oxygens (including phenoxy) is 1. The molecule has 3 aromatic rings. The maximum Gasteiger partial charge on any atom is 0.412 e. The van der Waals surface area contributed by atoms with Crippen molar-refractivity contribution < 1.29 is 23.9 Å². The fraction of sp³-hybridized carbons (Fsp3) is 0.259. The smallest absolute Gasteiger partial charge is 0.412 e. The second kappa shape index (κ2) is 11.7. The number of carbonyl (C=O) groups excluding carboxylic acids is 4. The van der Waals surface area contributed by atoms with E-state index in [-0.39, 0.29) is 11.8 Å². The lowest BCUT2D eigenvalue weighted by molar-refractivity contribution is -0.127. The Balaban J connectivity index is 1.86. The van der Waals surface area contributed by atoms with Gasteiger partial charge in [0.05, 0.1) is 11.4 Å². The number of rotatable bonds is 7. The molecular formula is C27H30N4O5S. The van der Waals surface area contributed by atoms with Gasteiger partial charge in [0.15, 0.2) is 0 Å². The van der Waals surface area contributed by atoms with Gasteiger partial charge in [0.2, 0.25) is 11.8 Å². The summed E-state index contributed by atoms with van der Waals surface area (Å²) in [7, 11) is 1.48. The summed E-state index contributed by atoms with van der Waals surface area (Å²) in [4.78, 5) is 50.3. The highest BCUT2D eigenvalue weighted by Crippen LogP contribution is 2.32. The zero-order valence-electron chi connectivity index (χ0n) is 21.3. The predicted molar refractivity (Wildman–Crippen MR) is 145 cm³/mol. The predicted octanol–water partition coefficient (Wildman–Crippen LogP) is 4.94. The number of hydrogen-bond acceptors (Lipinski definition) is 6. The molecule has 1 heterocycles. The minimum Gasteiger partial charge on any atom is -0.444 e. The van der Waals surface area contributed by atoms with E-state index in [0.29, 0.717) is 22.5 Å². The molecule has 1 atom stereocenters. The molecule has 0 aliphatic heterocycles. The van der Waals surface area contributed by atoms with Crippen LogP contribution in [0, 0.1) is 0 Å². The molecule has 4 amide bonds. The van der Waals surface area contributed by atoms with E-state index in [0.717, 1.165) is 10.4 Å². The van der Waals surface area contributed by atoms with E-state index in [9.17, 15) is 19.2 Å². The summed E-state index contributed by atoms with van der Waals surface area (Å²) in [6.07, 6.45) is -0.644. The summed E-state index contributed by atoms with van der Waals surface area (Å²) in [6.45, 7) is 6.61. The van der Waals surface area contributed by atoms with Gasteiger partial charge in [-0.1, -0.05) is 24.3 Å². The van der Waals surface area contributed by atoms with Crippen LogP contribution in [0.4, 0.5) is 16.2 Å². The van der Waals surface area contributed by atoms with Crippen LogP contribution in [0.1, 0.15) is 49.7 Å². The van der Waals surface area contributed by atoms with Crippen molar-refractivity contribution in [3.63, 3.8) is 0 Å². The van der Waals surface area contributed by atoms with Crippen molar-refractivity contribution in [3.05, 3.63) is 71.1 Å². The van der Waals surface area contributed by atoms with Gasteiger partial charge < -0.3 is 20.7 Å². The van der Waals surface area contributed by atoms with Crippen LogP contribution in [0.5, 0.6) is 0 Å². The molecule has 0 saturated heterocycles. The molecule has 0 saturated carbocycles. The van der Waals surface area contributed by atoms with Gasteiger partial charge in [-0.2, -0.15) is 0 Å². The van der Waals surface area contributed by atoms with Crippen LogP contribution in [0.25, 0.3) is 10.4 Å². The Kier molecular flexibility index (Phi) is 8.67. The van der Waals surface area contributed by atoms with Crippen LogP contribution < -0.4 is 21.3 Å². The van der Waals surface area contributed by atoms with Gasteiger partial charge in [0, 0.05) is 24.4 Å². The minimum absolute atomic E-state index is 0.326. The summed E-state index contributed by atoms with van der Waals surface area (Å²) in [5.74, 6) is -1.15. The number of nitrogens with one attached hydrogen (secondary N) is 4. The van der Waals surface area contributed by atoms with Crippen molar-refractivity contribution in [1.82, 2.24) is 10.6 Å². The average molecular weight is 523 g/mol. The van der Waals surface area contributed by atoms with E-state index in [1.807, 2.05) is 23.6 Å². The molecule has 1 unspecified atom stereocenters. The topological polar surface area (TPSA) is 126 Å².